The second kappa shape index (κ2) is 18.9. The van der Waals surface area contributed by atoms with Crippen LogP contribution in [-0.2, 0) is 57.2 Å². The van der Waals surface area contributed by atoms with Gasteiger partial charge in [0, 0.05) is 17.2 Å². The van der Waals surface area contributed by atoms with Crippen LogP contribution in [0.25, 0.3) is 0 Å². The number of hydrogen-bond acceptors (Lipinski definition) is 7. The Labute approximate surface area is 292 Å². The Balaban J connectivity index is 0.000000267. The SMILES string of the molecule is CCOC(=O)Cc1ccc(CCc2ccc(OC)cc2)c(P(C)(C)=O)c1.COc1ccc(CCc2ccc(CCO)cc2P(C)(C)=O)cc1. The zero-order valence-electron chi connectivity index (χ0n) is 30.0. The number of hydrogen-bond donors (Lipinski definition) is 1. The molecule has 0 spiro atoms. The minimum Gasteiger partial charge on any atom is -0.497 e. The molecule has 264 valence electrons. The topological polar surface area (TPSA) is 99.1 Å². The van der Waals surface area contributed by atoms with Crippen molar-refractivity contribution in [3.63, 3.8) is 0 Å². The van der Waals surface area contributed by atoms with E-state index in [-0.39, 0.29) is 19.0 Å². The van der Waals surface area contributed by atoms with Crippen molar-refractivity contribution in [3.8, 4) is 11.5 Å². The van der Waals surface area contributed by atoms with E-state index < -0.39 is 14.3 Å². The first-order chi connectivity index (χ1) is 23.3. The van der Waals surface area contributed by atoms with E-state index in [0.717, 1.165) is 70.0 Å². The molecular weight excluding hydrogens is 654 g/mol. The zero-order valence-corrected chi connectivity index (χ0v) is 31.8. The molecule has 0 saturated heterocycles. The summed E-state index contributed by atoms with van der Waals surface area (Å²) >= 11 is 0. The van der Waals surface area contributed by atoms with Gasteiger partial charge in [0.2, 0.25) is 0 Å². The van der Waals surface area contributed by atoms with E-state index >= 15 is 0 Å². The van der Waals surface area contributed by atoms with E-state index in [2.05, 4.69) is 18.2 Å². The molecule has 0 heterocycles. The molecule has 0 atom stereocenters. The number of aliphatic hydroxyl groups excluding tert-OH is 1. The molecule has 0 aliphatic rings. The summed E-state index contributed by atoms with van der Waals surface area (Å²) in [5.74, 6) is 1.44. The molecule has 4 aromatic rings. The lowest BCUT2D eigenvalue weighted by Crippen LogP contribution is -2.15. The molecule has 0 aliphatic carbocycles. The van der Waals surface area contributed by atoms with Gasteiger partial charge >= 0.3 is 5.97 Å². The van der Waals surface area contributed by atoms with Gasteiger partial charge in [-0.3, -0.25) is 4.79 Å². The summed E-state index contributed by atoms with van der Waals surface area (Å²) in [5, 5.41) is 10.9. The second-order valence-electron chi connectivity index (χ2n) is 12.8. The molecule has 0 aliphatic heterocycles. The third-order valence-corrected chi connectivity index (χ3v) is 11.4. The molecule has 4 aromatic carbocycles. The Bertz CT molecular complexity index is 1740. The molecule has 0 bridgehead atoms. The van der Waals surface area contributed by atoms with Crippen LogP contribution in [0.4, 0.5) is 0 Å². The molecule has 7 nitrogen and oxygen atoms in total. The van der Waals surface area contributed by atoms with Crippen molar-refractivity contribution in [1.82, 2.24) is 0 Å². The number of aryl methyl sites for hydroxylation is 4. The van der Waals surface area contributed by atoms with Crippen LogP contribution < -0.4 is 20.1 Å². The van der Waals surface area contributed by atoms with E-state index in [1.54, 1.807) is 34.5 Å². The lowest BCUT2D eigenvalue weighted by Gasteiger charge is -2.15. The molecule has 9 heteroatoms. The molecule has 0 aromatic heterocycles. The summed E-state index contributed by atoms with van der Waals surface area (Å²) in [4.78, 5) is 11.7. The van der Waals surface area contributed by atoms with Gasteiger partial charge < -0.3 is 28.4 Å². The Morgan fingerprint density at radius 2 is 1.00 bits per heavy atom. The highest BCUT2D eigenvalue weighted by Gasteiger charge is 2.19. The Kier molecular flexibility index (Phi) is 15.4. The fourth-order valence-electron chi connectivity index (χ4n) is 5.56. The highest BCUT2D eigenvalue weighted by Crippen LogP contribution is 2.37. The summed E-state index contributed by atoms with van der Waals surface area (Å²) in [6.45, 7) is 9.43. The van der Waals surface area contributed by atoms with Crippen LogP contribution >= 0.6 is 14.3 Å². The fraction of sp³-hybridized carbons (Fsp3) is 0.375. The molecule has 0 saturated carbocycles. The van der Waals surface area contributed by atoms with Gasteiger partial charge in [0.1, 0.15) is 25.8 Å². The predicted octanol–water partition coefficient (Wildman–Crippen LogP) is 7.10. The number of carbonyl (C=O) groups is 1. The molecule has 0 radical (unpaired) electrons. The van der Waals surface area contributed by atoms with E-state index in [1.165, 1.54) is 11.1 Å². The van der Waals surface area contributed by atoms with Crippen LogP contribution in [0.3, 0.4) is 0 Å². The van der Waals surface area contributed by atoms with Gasteiger partial charge in [-0.2, -0.15) is 0 Å². The molecule has 0 fully saturated rings. The third kappa shape index (κ3) is 13.0. The summed E-state index contributed by atoms with van der Waals surface area (Å²) < 4.78 is 40.7. The number of esters is 1. The van der Waals surface area contributed by atoms with Crippen molar-refractivity contribution in [2.24, 2.45) is 0 Å². The Hall–Kier alpha value is -3.63. The highest BCUT2D eigenvalue weighted by atomic mass is 31.2. The normalized spacial score (nSPS) is 11.3. The number of carbonyl (C=O) groups excluding carboxylic acids is 1. The van der Waals surface area contributed by atoms with Crippen molar-refractivity contribution in [2.75, 3.05) is 54.1 Å². The van der Waals surface area contributed by atoms with E-state index in [1.807, 2.05) is 80.1 Å². The standard InChI is InChI=1S/C21H27O4P.C19H25O3P/c1-5-25-21(22)15-17-7-11-18(20(14-17)26(3,4)23)10-6-16-8-12-19(24-2)13-9-16;1-22-18-10-6-15(7-11-18)4-8-17-9-5-16(12-13-20)14-19(17)23(2,3)21/h7-9,11-14H,5-6,10,15H2,1-4H3;5-7,9-11,14,20H,4,8,12-13H2,1-3H3. The van der Waals surface area contributed by atoms with Crippen molar-refractivity contribution >= 4 is 30.9 Å². The van der Waals surface area contributed by atoms with E-state index in [9.17, 15) is 13.9 Å². The Morgan fingerprint density at radius 1 is 0.592 bits per heavy atom. The van der Waals surface area contributed by atoms with Gasteiger partial charge in [-0.15, -0.1) is 0 Å². The number of ether oxygens (including phenoxy) is 3. The first kappa shape index (κ1) is 39.8. The summed E-state index contributed by atoms with van der Waals surface area (Å²) in [6.07, 6.45) is 4.22. The number of benzene rings is 4. The van der Waals surface area contributed by atoms with Crippen LogP contribution in [-0.4, -0.2) is 65.2 Å². The summed E-state index contributed by atoms with van der Waals surface area (Å²) in [7, 11) is -1.48. The summed E-state index contributed by atoms with van der Waals surface area (Å²) in [5.41, 5.74) is 6.53. The van der Waals surface area contributed by atoms with Crippen LogP contribution in [0.2, 0.25) is 0 Å². The average molecular weight is 707 g/mol. The molecular formula is C40H52O7P2. The number of rotatable bonds is 15. The quantitative estimate of drug-likeness (QED) is 0.104. The lowest BCUT2D eigenvalue weighted by atomic mass is 10.0. The molecule has 49 heavy (non-hydrogen) atoms. The van der Waals surface area contributed by atoms with Crippen LogP contribution in [0.1, 0.15) is 40.3 Å². The summed E-state index contributed by atoms with van der Waals surface area (Å²) in [6, 6.07) is 28.0. The van der Waals surface area contributed by atoms with Gasteiger partial charge in [0.05, 0.1) is 27.2 Å². The third-order valence-electron chi connectivity index (χ3n) is 8.20. The second-order valence-corrected chi connectivity index (χ2v) is 19.1. The van der Waals surface area contributed by atoms with Crippen LogP contribution in [0.5, 0.6) is 11.5 Å². The maximum absolute atomic E-state index is 12.8. The van der Waals surface area contributed by atoms with Crippen molar-refractivity contribution < 1.29 is 33.2 Å². The first-order valence-corrected chi connectivity index (χ1v) is 21.8. The largest absolute Gasteiger partial charge is 0.497 e. The van der Waals surface area contributed by atoms with Gasteiger partial charge in [-0.25, -0.2) is 0 Å². The van der Waals surface area contributed by atoms with Crippen molar-refractivity contribution in [3.05, 3.63) is 118 Å². The van der Waals surface area contributed by atoms with E-state index in [0.29, 0.717) is 13.0 Å². The fourth-order valence-corrected chi connectivity index (χ4v) is 8.27. The average Bonchev–Trinajstić information content (AvgIpc) is 3.07. The van der Waals surface area contributed by atoms with Gasteiger partial charge in [-0.05, 0) is 135 Å². The monoisotopic (exact) mass is 706 g/mol. The maximum Gasteiger partial charge on any atom is 0.310 e. The van der Waals surface area contributed by atoms with Crippen molar-refractivity contribution in [2.45, 2.75) is 45.4 Å². The van der Waals surface area contributed by atoms with Crippen molar-refractivity contribution in [1.29, 1.82) is 0 Å². The molecule has 4 rings (SSSR count). The molecule has 0 unspecified atom stereocenters. The Morgan fingerprint density at radius 3 is 1.39 bits per heavy atom. The maximum atomic E-state index is 12.8. The predicted molar refractivity (Wildman–Crippen MR) is 203 cm³/mol. The minimum atomic E-state index is -2.45. The lowest BCUT2D eigenvalue weighted by molar-refractivity contribution is -0.142. The molecule has 1 N–H and O–H groups in total. The zero-order chi connectivity index (χ0) is 36.0. The van der Waals surface area contributed by atoms with Gasteiger partial charge in [-0.1, -0.05) is 48.5 Å². The number of aliphatic hydroxyl groups is 1. The smallest absolute Gasteiger partial charge is 0.310 e. The highest BCUT2D eigenvalue weighted by molar-refractivity contribution is 7.70. The van der Waals surface area contributed by atoms with Crippen LogP contribution in [0, 0.1) is 0 Å². The molecule has 0 amide bonds. The van der Waals surface area contributed by atoms with Gasteiger partial charge in [0.15, 0.2) is 0 Å². The van der Waals surface area contributed by atoms with Gasteiger partial charge in [0.25, 0.3) is 0 Å². The van der Waals surface area contributed by atoms with E-state index in [4.69, 9.17) is 19.3 Å². The minimum absolute atomic E-state index is 0.113. The first-order valence-electron chi connectivity index (χ1n) is 16.6. The van der Waals surface area contributed by atoms with Crippen LogP contribution in [0.15, 0.2) is 84.9 Å². The number of methoxy groups -OCH3 is 2.